The monoisotopic (exact) mass is 492 g/mol. The van der Waals surface area contributed by atoms with Crippen LogP contribution in [0.3, 0.4) is 0 Å². The zero-order valence-electron chi connectivity index (χ0n) is 21.3. The molecular weight excluding hydrogens is 460 g/mol. The molecule has 0 aliphatic carbocycles. The maximum absolute atomic E-state index is 13.2. The second-order valence-electron chi connectivity index (χ2n) is 10.2. The summed E-state index contributed by atoms with van der Waals surface area (Å²) < 4.78 is 1.87. The molecule has 0 saturated heterocycles. The Labute approximate surface area is 211 Å². The smallest absolute Gasteiger partial charge is 0.252 e. The maximum Gasteiger partial charge on any atom is 0.252 e. The van der Waals surface area contributed by atoms with Gasteiger partial charge in [-0.2, -0.15) is 0 Å². The van der Waals surface area contributed by atoms with Crippen molar-refractivity contribution in [3.8, 4) is 0 Å². The van der Waals surface area contributed by atoms with Crippen LogP contribution in [0.25, 0.3) is 10.9 Å². The van der Waals surface area contributed by atoms with Crippen LogP contribution in [0.15, 0.2) is 47.3 Å². The van der Waals surface area contributed by atoms with E-state index in [2.05, 4.69) is 72.2 Å². The van der Waals surface area contributed by atoms with E-state index in [1.165, 1.54) is 0 Å². The third-order valence-corrected chi connectivity index (χ3v) is 6.70. The minimum absolute atomic E-state index is 0.0844. The Balaban J connectivity index is 1.81. The highest BCUT2D eigenvalue weighted by atomic mass is 35.5. The first-order valence-electron chi connectivity index (χ1n) is 12.0. The number of benzene rings is 2. The van der Waals surface area contributed by atoms with E-state index in [0.717, 1.165) is 39.8 Å². The minimum atomic E-state index is -0.280. The largest absolute Gasteiger partial charge is 0.321 e. The van der Waals surface area contributed by atoms with Gasteiger partial charge in [-0.25, -0.2) is 4.68 Å². The first kappa shape index (κ1) is 25.1. The van der Waals surface area contributed by atoms with E-state index in [4.69, 9.17) is 11.6 Å². The lowest BCUT2D eigenvalue weighted by molar-refractivity contribution is 0.153. The fraction of sp³-hybridized carbons (Fsp3) is 0.407. The second kappa shape index (κ2) is 9.91. The van der Waals surface area contributed by atoms with Crippen LogP contribution in [0, 0.1) is 13.8 Å². The molecule has 0 amide bonds. The fourth-order valence-corrected chi connectivity index (χ4v) is 4.87. The van der Waals surface area contributed by atoms with E-state index in [1.54, 1.807) is 0 Å². The molecule has 0 aliphatic rings. The number of fused-ring (bicyclic) bond motifs is 1. The van der Waals surface area contributed by atoms with Gasteiger partial charge in [-0.05, 0) is 86.2 Å². The van der Waals surface area contributed by atoms with E-state index in [1.807, 2.05) is 41.9 Å². The molecule has 0 aliphatic heterocycles. The summed E-state index contributed by atoms with van der Waals surface area (Å²) in [5.74, 6) is 0.774. The standard InChI is InChI=1S/C27H33ClN6O/c1-7-23(25-30-31-32-34(25)27(4,5)6)33(15-19-10-8-9-11-22(19)28)16-21-14-20-13-17(2)12-18(3)24(20)29-26(21)35/h8-14,23H,7,15-16H2,1-6H3,(H,29,35)/t23-/m0/s1. The second-order valence-corrected chi connectivity index (χ2v) is 10.6. The van der Waals surface area contributed by atoms with Gasteiger partial charge >= 0.3 is 0 Å². The zero-order valence-corrected chi connectivity index (χ0v) is 22.0. The van der Waals surface area contributed by atoms with E-state index >= 15 is 0 Å². The summed E-state index contributed by atoms with van der Waals surface area (Å²) in [4.78, 5) is 18.5. The highest BCUT2D eigenvalue weighted by Gasteiger charge is 2.30. The molecule has 184 valence electrons. The number of halogens is 1. The number of nitrogens with zero attached hydrogens (tertiary/aromatic N) is 5. The predicted octanol–water partition coefficient (Wildman–Crippen LogP) is 5.69. The van der Waals surface area contributed by atoms with Crippen LogP contribution >= 0.6 is 11.6 Å². The molecule has 4 aromatic rings. The Morgan fingerprint density at radius 2 is 1.80 bits per heavy atom. The third-order valence-electron chi connectivity index (χ3n) is 6.33. The summed E-state index contributed by atoms with van der Waals surface area (Å²) >= 11 is 6.55. The number of pyridine rings is 1. The van der Waals surface area contributed by atoms with Crippen LogP contribution in [-0.2, 0) is 18.6 Å². The lowest BCUT2D eigenvalue weighted by Gasteiger charge is -2.32. The SMILES string of the molecule is CC[C@@H](c1nnnn1C(C)(C)C)N(Cc1ccccc1Cl)Cc1cc2cc(C)cc(C)c2[nH]c1=O. The molecule has 2 heterocycles. The van der Waals surface area contributed by atoms with Gasteiger partial charge in [0.25, 0.3) is 5.56 Å². The van der Waals surface area contributed by atoms with Crippen LogP contribution in [-0.4, -0.2) is 30.1 Å². The van der Waals surface area contributed by atoms with Crippen molar-refractivity contribution in [2.45, 2.75) is 72.6 Å². The zero-order chi connectivity index (χ0) is 25.3. The highest BCUT2D eigenvalue weighted by molar-refractivity contribution is 6.31. The molecule has 2 aromatic carbocycles. The number of aromatic amines is 1. The highest BCUT2D eigenvalue weighted by Crippen LogP contribution is 2.30. The van der Waals surface area contributed by atoms with Crippen molar-refractivity contribution in [3.63, 3.8) is 0 Å². The molecule has 7 nitrogen and oxygen atoms in total. The van der Waals surface area contributed by atoms with Gasteiger partial charge in [-0.3, -0.25) is 9.69 Å². The predicted molar refractivity (Wildman–Crippen MR) is 141 cm³/mol. The van der Waals surface area contributed by atoms with Gasteiger partial charge in [0.05, 0.1) is 17.1 Å². The Kier molecular flexibility index (Phi) is 7.10. The number of rotatable bonds is 7. The van der Waals surface area contributed by atoms with Crippen molar-refractivity contribution < 1.29 is 0 Å². The van der Waals surface area contributed by atoms with Crippen molar-refractivity contribution in [2.24, 2.45) is 0 Å². The van der Waals surface area contributed by atoms with E-state index < -0.39 is 0 Å². The fourth-order valence-electron chi connectivity index (χ4n) is 4.67. The van der Waals surface area contributed by atoms with Crippen LogP contribution < -0.4 is 5.56 Å². The summed E-state index contributed by atoms with van der Waals surface area (Å²) in [7, 11) is 0. The summed E-state index contributed by atoms with van der Waals surface area (Å²) in [5.41, 5.74) is 4.43. The van der Waals surface area contributed by atoms with Gasteiger partial charge < -0.3 is 4.98 Å². The van der Waals surface area contributed by atoms with Gasteiger partial charge in [-0.1, -0.05) is 48.4 Å². The molecule has 4 rings (SSSR count). The molecule has 0 bridgehead atoms. The maximum atomic E-state index is 13.2. The lowest BCUT2D eigenvalue weighted by Crippen LogP contribution is -2.35. The Morgan fingerprint density at radius 1 is 1.09 bits per heavy atom. The summed E-state index contributed by atoms with van der Waals surface area (Å²) in [5, 5.41) is 14.4. The Morgan fingerprint density at radius 3 is 2.49 bits per heavy atom. The van der Waals surface area contributed by atoms with Gasteiger partial charge in [0, 0.05) is 23.7 Å². The van der Waals surface area contributed by atoms with Crippen molar-refractivity contribution in [1.29, 1.82) is 0 Å². The number of aryl methyl sites for hydroxylation is 2. The molecule has 0 unspecified atom stereocenters. The number of H-pyrrole nitrogens is 1. The van der Waals surface area contributed by atoms with Crippen molar-refractivity contribution in [1.82, 2.24) is 30.1 Å². The molecule has 2 aromatic heterocycles. The number of hydrogen-bond donors (Lipinski definition) is 1. The summed E-state index contributed by atoms with van der Waals surface area (Å²) in [6, 6.07) is 13.9. The van der Waals surface area contributed by atoms with E-state index in [-0.39, 0.29) is 17.1 Å². The average molecular weight is 493 g/mol. The van der Waals surface area contributed by atoms with E-state index in [0.29, 0.717) is 23.7 Å². The minimum Gasteiger partial charge on any atom is -0.321 e. The van der Waals surface area contributed by atoms with Crippen molar-refractivity contribution in [2.75, 3.05) is 0 Å². The number of nitrogens with one attached hydrogen (secondary N) is 1. The number of hydrogen-bond acceptors (Lipinski definition) is 5. The number of aromatic nitrogens is 5. The number of tetrazole rings is 1. The average Bonchev–Trinajstić information content (AvgIpc) is 3.27. The van der Waals surface area contributed by atoms with Gasteiger partial charge in [0.2, 0.25) is 0 Å². The van der Waals surface area contributed by atoms with Crippen LogP contribution in [0.2, 0.25) is 5.02 Å². The first-order chi connectivity index (χ1) is 16.6. The summed E-state index contributed by atoms with van der Waals surface area (Å²) in [6.07, 6.45) is 0.768. The molecule has 0 fully saturated rings. The first-order valence-corrected chi connectivity index (χ1v) is 12.4. The quantitative estimate of drug-likeness (QED) is 0.358. The molecule has 8 heteroatoms. The van der Waals surface area contributed by atoms with Crippen LogP contribution in [0.1, 0.15) is 68.2 Å². The molecule has 0 spiro atoms. The molecule has 35 heavy (non-hydrogen) atoms. The third kappa shape index (κ3) is 5.31. The molecule has 1 N–H and O–H groups in total. The van der Waals surface area contributed by atoms with Crippen molar-refractivity contribution >= 4 is 22.5 Å². The molecule has 0 saturated carbocycles. The normalized spacial score (nSPS) is 13.0. The Bertz CT molecular complexity index is 1400. The lowest BCUT2D eigenvalue weighted by atomic mass is 10.0. The molecular formula is C27H33ClN6O. The molecule has 0 radical (unpaired) electrons. The summed E-state index contributed by atoms with van der Waals surface area (Å²) in [6.45, 7) is 13.4. The van der Waals surface area contributed by atoms with Gasteiger partial charge in [0.15, 0.2) is 5.82 Å². The molecule has 1 atom stereocenters. The topological polar surface area (TPSA) is 79.7 Å². The Hall–Kier alpha value is -3.03. The van der Waals surface area contributed by atoms with Crippen molar-refractivity contribution in [3.05, 3.63) is 85.9 Å². The van der Waals surface area contributed by atoms with Gasteiger partial charge in [0.1, 0.15) is 0 Å². The van der Waals surface area contributed by atoms with Crippen LogP contribution in [0.5, 0.6) is 0 Å². The van der Waals surface area contributed by atoms with Crippen LogP contribution in [0.4, 0.5) is 0 Å². The van der Waals surface area contributed by atoms with E-state index in [9.17, 15) is 4.79 Å². The van der Waals surface area contributed by atoms with Gasteiger partial charge in [-0.15, -0.1) is 5.10 Å².